The Hall–Kier alpha value is -1.50. The second-order valence-corrected chi connectivity index (χ2v) is 15.9. The maximum atomic E-state index is 12.6. The lowest BCUT2D eigenvalue weighted by Crippen LogP contribution is -2.27. The predicted molar refractivity (Wildman–Crippen MR) is 209 cm³/mol. The standard InChI is InChI=1S/C42H78O6S/c1-6-8-10-12-14-16-18-20-22-24-26-28-30-32-39(43)46-36-38(37-49-35-34-41(45)48-42(3,4)5)47-40(44)33-31-29-27-25-23-21-19-17-15-13-11-9-7-2/h34-35,38H,6-33,36-37H2,1-5H3/b35-34+. The fourth-order valence-corrected chi connectivity index (χ4v) is 6.49. The maximum Gasteiger partial charge on any atom is 0.331 e. The van der Waals surface area contributed by atoms with Gasteiger partial charge in [-0.25, -0.2) is 4.79 Å². The normalized spacial score (nSPS) is 12.3. The molecule has 0 rings (SSSR count). The van der Waals surface area contributed by atoms with Crippen molar-refractivity contribution < 1.29 is 28.6 Å². The molecule has 0 aromatic rings. The summed E-state index contributed by atoms with van der Waals surface area (Å²) in [4.78, 5) is 37.1. The maximum absolute atomic E-state index is 12.6. The van der Waals surface area contributed by atoms with Gasteiger partial charge in [-0.15, -0.1) is 11.8 Å². The molecule has 0 bridgehead atoms. The van der Waals surface area contributed by atoms with Crippen LogP contribution in [0.1, 0.15) is 214 Å². The van der Waals surface area contributed by atoms with Crippen LogP contribution < -0.4 is 0 Å². The van der Waals surface area contributed by atoms with Crippen molar-refractivity contribution in [3.8, 4) is 0 Å². The van der Waals surface area contributed by atoms with E-state index >= 15 is 0 Å². The first-order valence-electron chi connectivity index (χ1n) is 20.5. The molecule has 7 heteroatoms. The van der Waals surface area contributed by atoms with Crippen LogP contribution in [0.15, 0.2) is 11.5 Å². The second kappa shape index (κ2) is 34.9. The zero-order valence-electron chi connectivity index (χ0n) is 32.8. The molecule has 0 fully saturated rings. The Bertz CT molecular complexity index is 805. The molecule has 1 unspecified atom stereocenters. The Kier molecular flexibility index (Phi) is 33.9. The van der Waals surface area contributed by atoms with E-state index in [-0.39, 0.29) is 18.5 Å². The van der Waals surface area contributed by atoms with Gasteiger partial charge in [0.2, 0.25) is 0 Å². The van der Waals surface area contributed by atoms with Crippen molar-refractivity contribution in [2.75, 3.05) is 12.4 Å². The molecule has 0 saturated heterocycles. The first-order valence-corrected chi connectivity index (χ1v) is 21.6. The van der Waals surface area contributed by atoms with Crippen LogP contribution in [0.3, 0.4) is 0 Å². The molecular weight excluding hydrogens is 633 g/mol. The fourth-order valence-electron chi connectivity index (χ4n) is 5.80. The van der Waals surface area contributed by atoms with Crippen molar-refractivity contribution in [1.29, 1.82) is 0 Å². The topological polar surface area (TPSA) is 78.9 Å². The lowest BCUT2D eigenvalue weighted by Gasteiger charge is -2.18. The Labute approximate surface area is 307 Å². The molecule has 0 aliphatic rings. The molecule has 0 aromatic heterocycles. The SMILES string of the molecule is CCCCCCCCCCCCCCCC(=O)OCC(CS/C=C/C(=O)OC(C)(C)C)OC(=O)CCCCCCCCCCCCCCC. The van der Waals surface area contributed by atoms with Gasteiger partial charge in [-0.3, -0.25) is 9.59 Å². The zero-order chi connectivity index (χ0) is 36.3. The van der Waals surface area contributed by atoms with E-state index in [1.807, 2.05) is 20.8 Å². The summed E-state index contributed by atoms with van der Waals surface area (Å²) in [5.74, 6) is -0.511. The Morgan fingerprint density at radius 1 is 0.551 bits per heavy atom. The van der Waals surface area contributed by atoms with Crippen LogP contribution >= 0.6 is 11.8 Å². The predicted octanol–water partition coefficient (Wildman–Crippen LogP) is 13.0. The third kappa shape index (κ3) is 37.6. The van der Waals surface area contributed by atoms with Gasteiger partial charge in [0.05, 0.1) is 0 Å². The summed E-state index contributed by atoms with van der Waals surface area (Å²) in [5.41, 5.74) is -0.556. The molecule has 0 N–H and O–H groups in total. The molecule has 0 spiro atoms. The summed E-state index contributed by atoms with van der Waals surface area (Å²) in [6.45, 7) is 10.0. The third-order valence-corrected chi connectivity index (χ3v) is 9.58. The number of carbonyl (C=O) groups excluding carboxylic acids is 3. The van der Waals surface area contributed by atoms with Crippen molar-refractivity contribution in [2.24, 2.45) is 0 Å². The highest BCUT2D eigenvalue weighted by atomic mass is 32.2. The van der Waals surface area contributed by atoms with E-state index in [4.69, 9.17) is 14.2 Å². The first-order chi connectivity index (χ1) is 23.7. The number of unbranched alkanes of at least 4 members (excludes halogenated alkanes) is 24. The number of hydrogen-bond acceptors (Lipinski definition) is 7. The van der Waals surface area contributed by atoms with E-state index in [0.717, 1.165) is 38.5 Å². The number of hydrogen-bond donors (Lipinski definition) is 0. The van der Waals surface area contributed by atoms with Gasteiger partial charge in [0.15, 0.2) is 0 Å². The monoisotopic (exact) mass is 711 g/mol. The van der Waals surface area contributed by atoms with E-state index in [1.165, 1.54) is 146 Å². The molecule has 288 valence electrons. The molecule has 1 atom stereocenters. The summed E-state index contributed by atoms with van der Waals surface area (Å²) in [6.07, 6.45) is 34.3. The smallest absolute Gasteiger partial charge is 0.331 e. The summed E-state index contributed by atoms with van der Waals surface area (Å²) in [6, 6.07) is 0. The highest BCUT2D eigenvalue weighted by Gasteiger charge is 2.18. The molecule has 0 amide bonds. The van der Waals surface area contributed by atoms with Crippen LogP contribution in [0.4, 0.5) is 0 Å². The van der Waals surface area contributed by atoms with Gasteiger partial charge in [-0.2, -0.15) is 0 Å². The van der Waals surface area contributed by atoms with Gasteiger partial charge in [-0.05, 0) is 39.0 Å². The van der Waals surface area contributed by atoms with Crippen molar-refractivity contribution in [3.05, 3.63) is 11.5 Å². The van der Waals surface area contributed by atoms with Gasteiger partial charge in [0.25, 0.3) is 0 Å². The lowest BCUT2D eigenvalue weighted by atomic mass is 10.0. The van der Waals surface area contributed by atoms with E-state index in [0.29, 0.717) is 18.6 Å². The number of thioether (sulfide) groups is 1. The van der Waals surface area contributed by atoms with E-state index < -0.39 is 17.7 Å². The van der Waals surface area contributed by atoms with Gasteiger partial charge >= 0.3 is 17.9 Å². The summed E-state index contributed by atoms with van der Waals surface area (Å²) in [7, 11) is 0. The van der Waals surface area contributed by atoms with Crippen LogP contribution in [0.5, 0.6) is 0 Å². The quantitative estimate of drug-likeness (QED) is 0.0280. The first kappa shape index (κ1) is 47.5. The second-order valence-electron chi connectivity index (χ2n) is 14.9. The fraction of sp³-hybridized carbons (Fsp3) is 0.881. The van der Waals surface area contributed by atoms with Crippen LogP contribution in [0, 0.1) is 0 Å². The van der Waals surface area contributed by atoms with Crippen molar-refractivity contribution >= 4 is 29.7 Å². The Morgan fingerprint density at radius 3 is 1.31 bits per heavy atom. The number of carbonyl (C=O) groups is 3. The zero-order valence-corrected chi connectivity index (χ0v) is 33.6. The molecule has 0 aliphatic heterocycles. The molecule has 6 nitrogen and oxygen atoms in total. The van der Waals surface area contributed by atoms with Gasteiger partial charge in [0.1, 0.15) is 18.3 Å². The molecule has 0 aromatic carbocycles. The van der Waals surface area contributed by atoms with Gasteiger partial charge < -0.3 is 14.2 Å². The Balaban J connectivity index is 4.27. The average molecular weight is 711 g/mol. The van der Waals surface area contributed by atoms with Crippen LogP contribution in [-0.4, -0.2) is 42.0 Å². The molecule has 0 aliphatic carbocycles. The van der Waals surface area contributed by atoms with Gasteiger partial charge in [0, 0.05) is 24.7 Å². The van der Waals surface area contributed by atoms with Crippen LogP contribution in [-0.2, 0) is 28.6 Å². The minimum atomic E-state index is -0.557. The Morgan fingerprint density at radius 2 is 0.918 bits per heavy atom. The highest BCUT2D eigenvalue weighted by molar-refractivity contribution is 8.02. The van der Waals surface area contributed by atoms with E-state index in [2.05, 4.69) is 13.8 Å². The summed E-state index contributed by atoms with van der Waals surface area (Å²) >= 11 is 1.34. The molecular formula is C42H78O6S. The van der Waals surface area contributed by atoms with E-state index in [9.17, 15) is 14.4 Å². The number of ether oxygens (including phenoxy) is 3. The van der Waals surface area contributed by atoms with Crippen LogP contribution in [0.2, 0.25) is 0 Å². The number of esters is 3. The molecule has 0 heterocycles. The highest BCUT2D eigenvalue weighted by Crippen LogP contribution is 2.16. The molecule has 0 radical (unpaired) electrons. The lowest BCUT2D eigenvalue weighted by molar-refractivity contribution is -0.157. The average Bonchev–Trinajstić information content (AvgIpc) is 3.05. The number of rotatable bonds is 35. The minimum absolute atomic E-state index is 0.0366. The summed E-state index contributed by atoms with van der Waals surface area (Å²) in [5, 5.41) is 1.65. The summed E-state index contributed by atoms with van der Waals surface area (Å²) < 4.78 is 16.6. The van der Waals surface area contributed by atoms with Gasteiger partial charge in [-0.1, -0.05) is 168 Å². The largest absolute Gasteiger partial charge is 0.462 e. The van der Waals surface area contributed by atoms with Crippen molar-refractivity contribution in [2.45, 2.75) is 226 Å². The van der Waals surface area contributed by atoms with Crippen LogP contribution in [0.25, 0.3) is 0 Å². The van der Waals surface area contributed by atoms with Crippen molar-refractivity contribution in [3.63, 3.8) is 0 Å². The molecule has 49 heavy (non-hydrogen) atoms. The van der Waals surface area contributed by atoms with E-state index in [1.54, 1.807) is 5.41 Å². The molecule has 0 saturated carbocycles. The third-order valence-electron chi connectivity index (χ3n) is 8.69. The van der Waals surface area contributed by atoms with Crippen molar-refractivity contribution in [1.82, 2.24) is 0 Å². The minimum Gasteiger partial charge on any atom is -0.462 e.